The number of furan rings is 1. The van der Waals surface area contributed by atoms with E-state index in [1.165, 1.54) is 0 Å². The molecule has 1 atom stereocenters. The van der Waals surface area contributed by atoms with Gasteiger partial charge in [0, 0.05) is 23.9 Å². The van der Waals surface area contributed by atoms with Crippen LogP contribution in [0.3, 0.4) is 0 Å². The van der Waals surface area contributed by atoms with Gasteiger partial charge in [0.15, 0.2) is 0 Å². The maximum absolute atomic E-state index is 11.1. The number of carboxylic acids is 1. The zero-order chi connectivity index (χ0) is 13.3. The molecule has 0 aliphatic rings. The second kappa shape index (κ2) is 4.72. The number of aromatic nitrogens is 1. The molecule has 0 fully saturated rings. The summed E-state index contributed by atoms with van der Waals surface area (Å²) in [5, 5.41) is 9.11. The second-order valence-electron chi connectivity index (χ2n) is 4.59. The Morgan fingerprint density at radius 3 is 2.72 bits per heavy atom. The lowest BCUT2D eigenvalue weighted by Crippen LogP contribution is -2.12. The molecule has 2 rings (SSSR count). The fraction of sp³-hybridized carbons (Fsp3) is 0.357. The van der Waals surface area contributed by atoms with Gasteiger partial charge in [-0.2, -0.15) is 0 Å². The van der Waals surface area contributed by atoms with Crippen molar-refractivity contribution in [3.63, 3.8) is 0 Å². The Balaban J connectivity index is 2.30. The molecule has 1 N–H and O–H groups in total. The third-order valence-electron chi connectivity index (χ3n) is 3.23. The summed E-state index contributed by atoms with van der Waals surface area (Å²) in [6.45, 7) is 5.83. The predicted molar refractivity (Wildman–Crippen MR) is 68.0 cm³/mol. The summed E-state index contributed by atoms with van der Waals surface area (Å²) in [4.78, 5) is 11.1. The molecule has 0 saturated heterocycles. The number of hydrogen-bond donors (Lipinski definition) is 1. The molecule has 18 heavy (non-hydrogen) atoms. The Labute approximate surface area is 106 Å². The largest absolute Gasteiger partial charge is 0.478 e. The highest BCUT2D eigenvalue weighted by atomic mass is 16.4. The maximum Gasteiger partial charge on any atom is 0.337 e. The molecule has 0 spiro atoms. The Bertz CT molecular complexity index is 552. The average molecular weight is 247 g/mol. The highest BCUT2D eigenvalue weighted by Gasteiger charge is 2.18. The lowest BCUT2D eigenvalue weighted by molar-refractivity contribution is 0.0696. The quantitative estimate of drug-likeness (QED) is 0.902. The molecular formula is C14H17NO3. The molecule has 96 valence electrons. The lowest BCUT2D eigenvalue weighted by atomic mass is 10.2. The Morgan fingerprint density at radius 1 is 1.50 bits per heavy atom. The van der Waals surface area contributed by atoms with Crippen molar-refractivity contribution in [2.45, 2.75) is 33.2 Å². The van der Waals surface area contributed by atoms with Crippen LogP contribution in [0, 0.1) is 13.8 Å². The second-order valence-corrected chi connectivity index (χ2v) is 4.59. The molecule has 0 aliphatic heterocycles. The molecule has 1 unspecified atom stereocenters. The van der Waals surface area contributed by atoms with E-state index in [1.807, 2.05) is 30.5 Å². The van der Waals surface area contributed by atoms with E-state index < -0.39 is 5.97 Å². The molecule has 0 amide bonds. The first-order chi connectivity index (χ1) is 8.50. The molecule has 0 aromatic carbocycles. The molecule has 2 aromatic rings. The maximum atomic E-state index is 11.1. The molecule has 2 heterocycles. The van der Waals surface area contributed by atoms with Crippen molar-refractivity contribution in [2.75, 3.05) is 0 Å². The first kappa shape index (κ1) is 12.5. The summed E-state index contributed by atoms with van der Waals surface area (Å²) in [6.07, 6.45) is 2.41. The van der Waals surface area contributed by atoms with Crippen LogP contribution in [0.25, 0.3) is 0 Å². The van der Waals surface area contributed by atoms with Gasteiger partial charge >= 0.3 is 5.97 Å². The first-order valence-electron chi connectivity index (χ1n) is 5.94. The number of aryl methyl sites for hydroxylation is 1. The van der Waals surface area contributed by atoms with Crippen molar-refractivity contribution in [3.05, 3.63) is 47.2 Å². The topological polar surface area (TPSA) is 55.4 Å². The minimum atomic E-state index is -0.875. The van der Waals surface area contributed by atoms with Crippen LogP contribution >= 0.6 is 0 Å². The minimum Gasteiger partial charge on any atom is -0.478 e. The van der Waals surface area contributed by atoms with Crippen molar-refractivity contribution in [1.29, 1.82) is 0 Å². The van der Waals surface area contributed by atoms with Crippen molar-refractivity contribution in [1.82, 2.24) is 4.57 Å². The van der Waals surface area contributed by atoms with Gasteiger partial charge in [0.05, 0.1) is 11.8 Å². The number of rotatable bonds is 4. The normalized spacial score (nSPS) is 12.6. The van der Waals surface area contributed by atoms with Crippen molar-refractivity contribution in [2.24, 2.45) is 0 Å². The predicted octanol–water partition coefficient (Wildman–Crippen LogP) is 3.20. The van der Waals surface area contributed by atoms with Gasteiger partial charge in [-0.25, -0.2) is 4.79 Å². The van der Waals surface area contributed by atoms with Crippen LogP contribution in [0.2, 0.25) is 0 Å². The van der Waals surface area contributed by atoms with Crippen molar-refractivity contribution in [3.8, 4) is 0 Å². The van der Waals surface area contributed by atoms with Gasteiger partial charge in [0.2, 0.25) is 0 Å². The van der Waals surface area contributed by atoms with E-state index in [9.17, 15) is 4.79 Å². The summed E-state index contributed by atoms with van der Waals surface area (Å²) < 4.78 is 7.38. The summed E-state index contributed by atoms with van der Waals surface area (Å²) >= 11 is 0. The summed E-state index contributed by atoms with van der Waals surface area (Å²) in [5.41, 5.74) is 2.13. The van der Waals surface area contributed by atoms with Gasteiger partial charge < -0.3 is 14.1 Å². The summed E-state index contributed by atoms with van der Waals surface area (Å²) in [5.74, 6) is 0.0337. The fourth-order valence-electron chi connectivity index (χ4n) is 2.48. The van der Waals surface area contributed by atoms with Gasteiger partial charge in [-0.15, -0.1) is 0 Å². The Morgan fingerprint density at radius 2 is 2.22 bits per heavy atom. The Hall–Kier alpha value is -1.97. The van der Waals surface area contributed by atoms with Crippen LogP contribution in [0.5, 0.6) is 0 Å². The SMILES string of the molecule is Cc1cc(C(=O)O)c(C)n1C(C)Cc1ccco1. The van der Waals surface area contributed by atoms with Gasteiger partial charge in [-0.1, -0.05) is 0 Å². The molecule has 2 aromatic heterocycles. The number of nitrogens with zero attached hydrogens (tertiary/aromatic N) is 1. The molecule has 0 radical (unpaired) electrons. The zero-order valence-electron chi connectivity index (χ0n) is 10.8. The van der Waals surface area contributed by atoms with E-state index in [0.29, 0.717) is 5.56 Å². The van der Waals surface area contributed by atoms with E-state index in [1.54, 1.807) is 12.3 Å². The smallest absolute Gasteiger partial charge is 0.337 e. The van der Waals surface area contributed by atoms with E-state index in [4.69, 9.17) is 9.52 Å². The van der Waals surface area contributed by atoms with Crippen LogP contribution in [-0.4, -0.2) is 15.6 Å². The van der Waals surface area contributed by atoms with Gasteiger partial charge in [-0.05, 0) is 39.0 Å². The molecule has 0 aliphatic carbocycles. The van der Waals surface area contributed by atoms with Crippen LogP contribution in [0.15, 0.2) is 28.9 Å². The molecular weight excluding hydrogens is 230 g/mol. The van der Waals surface area contributed by atoms with Crippen LogP contribution in [0.1, 0.15) is 40.5 Å². The van der Waals surface area contributed by atoms with Gasteiger partial charge in [-0.3, -0.25) is 0 Å². The van der Waals surface area contributed by atoms with Crippen LogP contribution in [0.4, 0.5) is 0 Å². The highest BCUT2D eigenvalue weighted by molar-refractivity contribution is 5.89. The van der Waals surface area contributed by atoms with Crippen molar-refractivity contribution < 1.29 is 14.3 Å². The van der Waals surface area contributed by atoms with E-state index in [-0.39, 0.29) is 6.04 Å². The lowest BCUT2D eigenvalue weighted by Gasteiger charge is -2.17. The Kier molecular flexibility index (Phi) is 3.28. The number of aromatic carboxylic acids is 1. The number of hydrogen-bond acceptors (Lipinski definition) is 2. The molecule has 0 bridgehead atoms. The standard InChI is InChI=1S/C14H17NO3/c1-9(7-12-5-4-6-18-12)15-10(2)8-13(11(15)3)14(16)17/h4-6,8-9H,7H2,1-3H3,(H,16,17). The van der Waals surface area contributed by atoms with Gasteiger partial charge in [0.25, 0.3) is 0 Å². The van der Waals surface area contributed by atoms with E-state index in [0.717, 1.165) is 23.6 Å². The molecule has 4 heteroatoms. The fourth-order valence-corrected chi connectivity index (χ4v) is 2.48. The number of carbonyl (C=O) groups is 1. The van der Waals surface area contributed by atoms with E-state index in [2.05, 4.69) is 6.92 Å². The molecule has 4 nitrogen and oxygen atoms in total. The zero-order valence-corrected chi connectivity index (χ0v) is 10.8. The van der Waals surface area contributed by atoms with E-state index >= 15 is 0 Å². The van der Waals surface area contributed by atoms with Gasteiger partial charge in [0.1, 0.15) is 5.76 Å². The van der Waals surface area contributed by atoms with Crippen LogP contribution < -0.4 is 0 Å². The number of carboxylic acid groups (broad SMARTS) is 1. The monoisotopic (exact) mass is 247 g/mol. The molecule has 0 saturated carbocycles. The summed E-state index contributed by atoms with van der Waals surface area (Å²) in [6, 6.07) is 5.68. The highest BCUT2D eigenvalue weighted by Crippen LogP contribution is 2.23. The van der Waals surface area contributed by atoms with Crippen LogP contribution in [-0.2, 0) is 6.42 Å². The summed E-state index contributed by atoms with van der Waals surface area (Å²) in [7, 11) is 0. The van der Waals surface area contributed by atoms with Crippen molar-refractivity contribution >= 4 is 5.97 Å². The minimum absolute atomic E-state index is 0.171. The first-order valence-corrected chi connectivity index (χ1v) is 5.94. The third-order valence-corrected chi connectivity index (χ3v) is 3.23. The third kappa shape index (κ3) is 2.18. The average Bonchev–Trinajstić information content (AvgIpc) is 2.86.